The van der Waals surface area contributed by atoms with Gasteiger partial charge in [-0.3, -0.25) is 0 Å². The first kappa shape index (κ1) is 17.5. The fourth-order valence-corrected chi connectivity index (χ4v) is 5.45. The van der Waals surface area contributed by atoms with E-state index in [0.29, 0.717) is 5.02 Å². The van der Waals surface area contributed by atoms with Gasteiger partial charge < -0.3 is 0 Å². The van der Waals surface area contributed by atoms with Gasteiger partial charge in [0.1, 0.15) is 11.0 Å². The third-order valence-corrected chi connectivity index (χ3v) is 6.81. The molecule has 0 aliphatic heterocycles. The molecule has 2 unspecified atom stereocenters. The quantitative estimate of drug-likeness (QED) is 0.382. The van der Waals surface area contributed by atoms with Gasteiger partial charge in [-0.2, -0.15) is 10.0 Å². The third kappa shape index (κ3) is 2.75. The number of hydrogen-bond acceptors (Lipinski definition) is 5. The number of pyridine rings is 1. The van der Waals surface area contributed by atoms with Crippen LogP contribution >= 0.6 is 22.9 Å². The van der Waals surface area contributed by atoms with E-state index >= 15 is 0 Å². The minimum absolute atomic E-state index is 0.150. The number of aryl methyl sites for hydroxylation is 1. The van der Waals surface area contributed by atoms with E-state index in [4.69, 9.17) is 16.6 Å². The Hall–Kier alpha value is -2.57. The van der Waals surface area contributed by atoms with Gasteiger partial charge in [-0.15, -0.1) is 11.3 Å². The Morgan fingerprint density at radius 1 is 1.18 bits per heavy atom. The Bertz CT molecular complexity index is 1180. The Balaban J connectivity index is 1.68. The fourth-order valence-electron chi connectivity index (χ4n) is 4.03. The van der Waals surface area contributed by atoms with Crippen molar-refractivity contribution < 1.29 is 0 Å². The van der Waals surface area contributed by atoms with Gasteiger partial charge in [-0.1, -0.05) is 35.0 Å². The van der Waals surface area contributed by atoms with Gasteiger partial charge in [0.25, 0.3) is 0 Å². The summed E-state index contributed by atoms with van der Waals surface area (Å²) in [6, 6.07) is 13.6. The van der Waals surface area contributed by atoms with Crippen LogP contribution in [0.4, 0.5) is 0 Å². The molecule has 0 N–H and O–H groups in total. The van der Waals surface area contributed by atoms with Gasteiger partial charge in [0.2, 0.25) is 0 Å². The first-order chi connectivity index (χ1) is 13.7. The molecule has 0 spiro atoms. The normalized spacial score (nSPS) is 18.9. The van der Waals surface area contributed by atoms with Crippen molar-refractivity contribution in [3.8, 4) is 10.6 Å². The molecule has 4 aromatic rings. The summed E-state index contributed by atoms with van der Waals surface area (Å²) in [7, 11) is 0. The summed E-state index contributed by atoms with van der Waals surface area (Å²) < 4.78 is 1.87. The zero-order valence-corrected chi connectivity index (χ0v) is 16.7. The highest BCUT2D eigenvalue weighted by Crippen LogP contribution is 2.47. The first-order valence-corrected chi connectivity index (χ1v) is 10.4. The molecule has 0 amide bonds. The van der Waals surface area contributed by atoms with Crippen molar-refractivity contribution in [1.29, 1.82) is 0 Å². The van der Waals surface area contributed by atoms with Gasteiger partial charge in [0.05, 0.1) is 27.3 Å². The van der Waals surface area contributed by atoms with Crippen LogP contribution in [0.2, 0.25) is 5.02 Å². The smallest absolute Gasteiger partial charge is 0.128 e. The van der Waals surface area contributed by atoms with Crippen LogP contribution in [0.15, 0.2) is 53.8 Å². The lowest BCUT2D eigenvalue weighted by Gasteiger charge is -2.24. The number of thiazole rings is 1. The van der Waals surface area contributed by atoms with Crippen LogP contribution < -0.4 is 0 Å². The minimum Gasteiger partial charge on any atom is -0.240 e. The monoisotopic (exact) mass is 408 g/mol. The summed E-state index contributed by atoms with van der Waals surface area (Å²) >= 11 is 7.63. The number of halogens is 1. The van der Waals surface area contributed by atoms with Crippen molar-refractivity contribution in [1.82, 2.24) is 14.6 Å². The molecule has 5 rings (SSSR count). The zero-order chi connectivity index (χ0) is 19.3. The molecule has 28 heavy (non-hydrogen) atoms. The summed E-state index contributed by atoms with van der Waals surface area (Å²) in [5.74, 6) is 0.150. The Labute approximate surface area is 171 Å². The van der Waals surface area contributed by atoms with Gasteiger partial charge >= 0.3 is 0 Å². The highest BCUT2D eigenvalue weighted by Gasteiger charge is 2.34. The number of hydrogen-bond donors (Lipinski definition) is 0. The molecule has 0 bridgehead atoms. The molecule has 0 saturated carbocycles. The van der Waals surface area contributed by atoms with E-state index in [2.05, 4.69) is 10.3 Å². The number of nitrogens with zero attached hydrogens (tertiary/aromatic N) is 4. The Kier molecular flexibility index (Phi) is 4.25. The maximum absolute atomic E-state index is 11.5. The molecule has 3 heterocycles. The third-order valence-electron chi connectivity index (χ3n) is 5.37. The molecule has 0 fully saturated rings. The predicted octanol–water partition coefficient (Wildman–Crippen LogP) is 6.15. The largest absolute Gasteiger partial charge is 0.240 e. The van der Waals surface area contributed by atoms with Crippen molar-refractivity contribution in [2.75, 3.05) is 0 Å². The molecule has 5 nitrogen and oxygen atoms in total. The number of aromatic nitrogens is 3. The van der Waals surface area contributed by atoms with Crippen molar-refractivity contribution >= 4 is 28.5 Å². The van der Waals surface area contributed by atoms with Crippen LogP contribution in [0.3, 0.4) is 0 Å². The standard InChI is InChI=1S/C21H17ClN4OS/c1-12-18(17-4-2-3-11-26(17)24-12)21-23-19-15(13-5-7-14(22)8-6-13)9-10-16(25-27)20(19)28-21/h2-8,11,15-16H,9-10H2,1H3. The van der Waals surface area contributed by atoms with E-state index in [0.717, 1.165) is 45.2 Å². The van der Waals surface area contributed by atoms with E-state index in [1.165, 1.54) is 5.56 Å². The Morgan fingerprint density at radius 2 is 2.00 bits per heavy atom. The van der Waals surface area contributed by atoms with E-state index in [9.17, 15) is 4.91 Å². The van der Waals surface area contributed by atoms with Gasteiger partial charge in [0.15, 0.2) is 0 Å². The van der Waals surface area contributed by atoms with Crippen LogP contribution in [0.5, 0.6) is 0 Å². The van der Waals surface area contributed by atoms with E-state index in [-0.39, 0.29) is 12.0 Å². The molecular weight excluding hydrogens is 392 g/mol. The molecular formula is C21H17ClN4OS. The molecule has 7 heteroatoms. The molecule has 0 saturated heterocycles. The zero-order valence-electron chi connectivity index (χ0n) is 15.2. The average Bonchev–Trinajstić information content (AvgIpc) is 3.28. The number of nitroso groups, excluding NO2 is 1. The van der Waals surface area contributed by atoms with Crippen molar-refractivity contribution in [2.24, 2.45) is 5.18 Å². The van der Waals surface area contributed by atoms with Crippen LogP contribution in [0.25, 0.3) is 16.1 Å². The maximum atomic E-state index is 11.5. The van der Waals surface area contributed by atoms with Crippen LogP contribution in [0.1, 0.15) is 46.6 Å². The lowest BCUT2D eigenvalue weighted by Crippen LogP contribution is -2.13. The Morgan fingerprint density at radius 3 is 2.79 bits per heavy atom. The highest BCUT2D eigenvalue weighted by molar-refractivity contribution is 7.15. The molecule has 2 atom stereocenters. The van der Waals surface area contributed by atoms with Crippen molar-refractivity contribution in [2.45, 2.75) is 31.7 Å². The molecule has 1 aromatic carbocycles. The first-order valence-electron chi connectivity index (χ1n) is 9.18. The lowest BCUT2D eigenvalue weighted by molar-refractivity contribution is 0.529. The fraction of sp³-hybridized carbons (Fsp3) is 0.238. The summed E-state index contributed by atoms with van der Waals surface area (Å²) in [4.78, 5) is 17.5. The SMILES string of the molecule is Cc1nn2ccccc2c1-c1nc2c(s1)C(N=O)CCC2c1ccc(Cl)cc1. The summed E-state index contributed by atoms with van der Waals surface area (Å²) in [6.07, 6.45) is 3.52. The topological polar surface area (TPSA) is 59.6 Å². The van der Waals surface area contributed by atoms with Gasteiger partial charge in [-0.25, -0.2) is 9.50 Å². The number of benzene rings is 1. The van der Waals surface area contributed by atoms with Gasteiger partial charge in [-0.05, 0) is 49.6 Å². The van der Waals surface area contributed by atoms with Crippen LogP contribution in [-0.2, 0) is 0 Å². The molecule has 1 aliphatic rings. The van der Waals surface area contributed by atoms with E-state index in [1.54, 1.807) is 11.3 Å². The molecule has 140 valence electrons. The lowest BCUT2D eigenvalue weighted by atomic mass is 9.83. The second-order valence-electron chi connectivity index (χ2n) is 7.06. The summed E-state index contributed by atoms with van der Waals surface area (Å²) in [5, 5.41) is 9.61. The van der Waals surface area contributed by atoms with E-state index in [1.807, 2.05) is 60.1 Å². The van der Waals surface area contributed by atoms with Crippen LogP contribution in [-0.4, -0.2) is 14.6 Å². The molecule has 3 aromatic heterocycles. The number of fused-ring (bicyclic) bond motifs is 2. The van der Waals surface area contributed by atoms with E-state index < -0.39 is 0 Å². The number of rotatable bonds is 3. The minimum atomic E-state index is -0.327. The van der Waals surface area contributed by atoms with Crippen LogP contribution in [0, 0.1) is 11.8 Å². The predicted molar refractivity (Wildman–Crippen MR) is 112 cm³/mol. The molecule has 0 radical (unpaired) electrons. The van der Waals surface area contributed by atoms with Crippen molar-refractivity contribution in [3.63, 3.8) is 0 Å². The maximum Gasteiger partial charge on any atom is 0.128 e. The van der Waals surface area contributed by atoms with Gasteiger partial charge in [0, 0.05) is 17.1 Å². The molecule has 1 aliphatic carbocycles. The summed E-state index contributed by atoms with van der Waals surface area (Å²) in [6.45, 7) is 1.99. The average molecular weight is 409 g/mol. The summed E-state index contributed by atoms with van der Waals surface area (Å²) in [5.41, 5.74) is 5.11. The second kappa shape index (κ2) is 6.79. The second-order valence-corrected chi connectivity index (χ2v) is 8.53. The highest BCUT2D eigenvalue weighted by atomic mass is 35.5. The van der Waals surface area contributed by atoms with Crippen molar-refractivity contribution in [3.05, 3.63) is 80.4 Å².